The van der Waals surface area contributed by atoms with Crippen LogP contribution in [0.5, 0.6) is 0 Å². The molecule has 0 saturated heterocycles. The van der Waals surface area contributed by atoms with Crippen LogP contribution in [0.1, 0.15) is 11.3 Å². The summed E-state index contributed by atoms with van der Waals surface area (Å²) in [6.07, 6.45) is 6.48. The Kier molecular flexibility index (Phi) is 1.68. The maximum atomic E-state index is 12.6. The molecule has 0 amide bonds. The molecule has 50 valence electrons. The van der Waals surface area contributed by atoms with Gasteiger partial charge in [0.15, 0.2) is 0 Å². The zero-order valence-electron chi connectivity index (χ0n) is 5.56. The summed E-state index contributed by atoms with van der Waals surface area (Å²) in [5, 5.41) is 0. The van der Waals surface area contributed by atoms with Gasteiger partial charge >= 0.3 is 0 Å². The second-order valence-corrected chi connectivity index (χ2v) is 1.94. The fourth-order valence-electron chi connectivity index (χ4n) is 0.585. The van der Waals surface area contributed by atoms with Crippen molar-refractivity contribution in [3.8, 4) is 12.3 Å². The monoisotopic (exact) mass is 135 g/mol. The van der Waals surface area contributed by atoms with Gasteiger partial charge in [-0.2, -0.15) is 0 Å². The standard InChI is InChI=1S/C8H6FN/c1-3-7-4-8(9)6(2)10-5-7/h1,4-5H,2H3. The molecule has 1 heterocycles. The summed E-state index contributed by atoms with van der Waals surface area (Å²) in [4.78, 5) is 3.73. The number of aromatic nitrogens is 1. The van der Waals surface area contributed by atoms with Crippen LogP contribution in [0.4, 0.5) is 4.39 Å². The molecular formula is C8H6FN. The Morgan fingerprint density at radius 1 is 1.70 bits per heavy atom. The van der Waals surface area contributed by atoms with Crippen LogP contribution in [0.15, 0.2) is 12.3 Å². The van der Waals surface area contributed by atoms with E-state index in [9.17, 15) is 4.39 Å². The minimum atomic E-state index is -0.351. The fraction of sp³-hybridized carbons (Fsp3) is 0.125. The first-order valence-electron chi connectivity index (χ1n) is 2.83. The summed E-state index contributed by atoms with van der Waals surface area (Å²) in [5.74, 6) is 1.94. The predicted molar refractivity (Wildman–Crippen MR) is 36.9 cm³/mol. The summed E-state index contributed by atoms with van der Waals surface area (Å²) in [6.45, 7) is 1.59. The van der Waals surface area contributed by atoms with E-state index in [1.54, 1.807) is 6.92 Å². The molecule has 0 atom stereocenters. The highest BCUT2D eigenvalue weighted by Crippen LogP contribution is 2.03. The Labute approximate surface area is 58.9 Å². The molecule has 0 aliphatic heterocycles. The number of hydrogen-bond acceptors (Lipinski definition) is 1. The Hall–Kier alpha value is -1.36. The zero-order chi connectivity index (χ0) is 7.56. The summed E-state index contributed by atoms with van der Waals surface area (Å²) in [5.41, 5.74) is 0.849. The molecule has 1 aromatic heterocycles. The summed E-state index contributed by atoms with van der Waals surface area (Å²) in [7, 11) is 0. The van der Waals surface area contributed by atoms with Gasteiger partial charge in [0.05, 0.1) is 5.69 Å². The van der Waals surface area contributed by atoms with E-state index in [-0.39, 0.29) is 5.82 Å². The van der Waals surface area contributed by atoms with Crippen LogP contribution >= 0.6 is 0 Å². The number of rotatable bonds is 0. The number of halogens is 1. The van der Waals surface area contributed by atoms with Crippen LogP contribution < -0.4 is 0 Å². The molecule has 0 fully saturated rings. The maximum Gasteiger partial charge on any atom is 0.145 e. The molecule has 0 unspecified atom stereocenters. The van der Waals surface area contributed by atoms with Crippen LogP contribution in [0.2, 0.25) is 0 Å². The largest absolute Gasteiger partial charge is 0.257 e. The van der Waals surface area contributed by atoms with E-state index < -0.39 is 0 Å². The Bertz CT molecular complexity index is 286. The lowest BCUT2D eigenvalue weighted by molar-refractivity contribution is 0.609. The van der Waals surface area contributed by atoms with Gasteiger partial charge in [-0.25, -0.2) is 4.39 Å². The minimum absolute atomic E-state index is 0.351. The molecule has 1 nitrogen and oxygen atoms in total. The van der Waals surface area contributed by atoms with Crippen molar-refractivity contribution in [2.45, 2.75) is 6.92 Å². The summed E-state index contributed by atoms with van der Waals surface area (Å²) >= 11 is 0. The van der Waals surface area contributed by atoms with Crippen molar-refractivity contribution in [1.82, 2.24) is 4.98 Å². The van der Waals surface area contributed by atoms with Gasteiger partial charge in [-0.05, 0) is 13.0 Å². The van der Waals surface area contributed by atoms with Crippen LogP contribution in [0.3, 0.4) is 0 Å². The van der Waals surface area contributed by atoms with Crippen molar-refractivity contribution in [2.24, 2.45) is 0 Å². The van der Waals surface area contributed by atoms with Crippen LogP contribution in [0, 0.1) is 25.1 Å². The van der Waals surface area contributed by atoms with Gasteiger partial charge in [0.2, 0.25) is 0 Å². The quantitative estimate of drug-likeness (QED) is 0.491. The second-order valence-electron chi connectivity index (χ2n) is 1.94. The summed E-state index contributed by atoms with van der Waals surface area (Å²) < 4.78 is 12.6. The molecule has 0 aliphatic carbocycles. The topological polar surface area (TPSA) is 12.9 Å². The number of nitrogens with zero attached hydrogens (tertiary/aromatic N) is 1. The normalized spacial score (nSPS) is 8.90. The molecule has 0 aliphatic rings. The van der Waals surface area contributed by atoms with Crippen molar-refractivity contribution in [2.75, 3.05) is 0 Å². The van der Waals surface area contributed by atoms with Gasteiger partial charge < -0.3 is 0 Å². The van der Waals surface area contributed by atoms with Gasteiger partial charge in [-0.1, -0.05) is 5.92 Å². The highest BCUT2D eigenvalue weighted by molar-refractivity contribution is 5.30. The van der Waals surface area contributed by atoms with Gasteiger partial charge in [-0.15, -0.1) is 6.42 Å². The van der Waals surface area contributed by atoms with E-state index in [1.807, 2.05) is 0 Å². The average molecular weight is 135 g/mol. The van der Waals surface area contributed by atoms with E-state index in [0.717, 1.165) is 0 Å². The third-order valence-electron chi connectivity index (χ3n) is 1.19. The lowest BCUT2D eigenvalue weighted by atomic mass is 10.2. The zero-order valence-corrected chi connectivity index (χ0v) is 5.56. The Morgan fingerprint density at radius 2 is 2.40 bits per heavy atom. The van der Waals surface area contributed by atoms with Crippen molar-refractivity contribution >= 4 is 0 Å². The first kappa shape index (κ1) is 6.76. The van der Waals surface area contributed by atoms with E-state index in [0.29, 0.717) is 11.3 Å². The molecule has 0 spiro atoms. The molecule has 10 heavy (non-hydrogen) atoms. The number of hydrogen-bond donors (Lipinski definition) is 0. The third-order valence-corrected chi connectivity index (χ3v) is 1.19. The van der Waals surface area contributed by atoms with Gasteiger partial charge in [-0.3, -0.25) is 4.98 Å². The van der Waals surface area contributed by atoms with Gasteiger partial charge in [0.25, 0.3) is 0 Å². The maximum absolute atomic E-state index is 12.6. The van der Waals surface area contributed by atoms with Gasteiger partial charge in [0.1, 0.15) is 5.82 Å². The third kappa shape index (κ3) is 1.14. The highest BCUT2D eigenvalue weighted by atomic mass is 19.1. The first-order valence-corrected chi connectivity index (χ1v) is 2.83. The molecule has 0 bridgehead atoms. The fourth-order valence-corrected chi connectivity index (χ4v) is 0.585. The number of pyridine rings is 1. The van der Waals surface area contributed by atoms with Gasteiger partial charge in [0, 0.05) is 11.8 Å². The predicted octanol–water partition coefficient (Wildman–Crippen LogP) is 1.51. The molecule has 1 rings (SSSR count). The van der Waals surface area contributed by atoms with Crippen molar-refractivity contribution < 1.29 is 4.39 Å². The average Bonchev–Trinajstić information content (AvgIpc) is 1.95. The summed E-state index contributed by atoms with van der Waals surface area (Å²) in [6, 6.07) is 1.29. The van der Waals surface area contributed by atoms with Crippen molar-refractivity contribution in [3.05, 3.63) is 29.3 Å². The molecule has 0 radical (unpaired) electrons. The molecule has 0 saturated carbocycles. The van der Waals surface area contributed by atoms with Crippen molar-refractivity contribution in [3.63, 3.8) is 0 Å². The van der Waals surface area contributed by atoms with E-state index in [2.05, 4.69) is 10.9 Å². The lowest BCUT2D eigenvalue weighted by Gasteiger charge is -1.93. The first-order chi connectivity index (χ1) is 4.74. The van der Waals surface area contributed by atoms with Crippen LogP contribution in [-0.2, 0) is 0 Å². The molecular weight excluding hydrogens is 129 g/mol. The SMILES string of the molecule is C#Cc1cnc(C)c(F)c1. The van der Waals surface area contributed by atoms with E-state index >= 15 is 0 Å². The highest BCUT2D eigenvalue weighted by Gasteiger charge is 1.96. The van der Waals surface area contributed by atoms with Crippen molar-refractivity contribution in [1.29, 1.82) is 0 Å². The van der Waals surface area contributed by atoms with E-state index in [4.69, 9.17) is 6.42 Å². The molecule has 1 aromatic rings. The van der Waals surface area contributed by atoms with E-state index in [1.165, 1.54) is 12.3 Å². The number of aryl methyl sites for hydroxylation is 1. The van der Waals surface area contributed by atoms with Crippen LogP contribution in [-0.4, -0.2) is 4.98 Å². The molecule has 0 N–H and O–H groups in total. The second kappa shape index (κ2) is 2.49. The Morgan fingerprint density at radius 3 is 2.90 bits per heavy atom. The Balaban J connectivity index is 3.20. The smallest absolute Gasteiger partial charge is 0.145 e. The minimum Gasteiger partial charge on any atom is -0.257 e. The lowest BCUT2D eigenvalue weighted by Crippen LogP contribution is -1.88. The molecule has 0 aromatic carbocycles. The van der Waals surface area contributed by atoms with Crippen LogP contribution in [0.25, 0.3) is 0 Å². The number of terminal acetylenes is 1. The molecule has 2 heteroatoms.